The van der Waals surface area contributed by atoms with Crippen LogP contribution >= 0.6 is 23.4 Å². The van der Waals surface area contributed by atoms with Crippen molar-refractivity contribution >= 4 is 51.4 Å². The molecule has 3 aromatic rings. The van der Waals surface area contributed by atoms with E-state index in [9.17, 15) is 23.1 Å². The van der Waals surface area contributed by atoms with Gasteiger partial charge in [0.15, 0.2) is 5.17 Å². The summed E-state index contributed by atoms with van der Waals surface area (Å²) in [6, 6.07) is 9.29. The average molecular weight is 550 g/mol. The second kappa shape index (κ2) is 10.1. The first-order chi connectivity index (χ1) is 17.6. The lowest BCUT2D eigenvalue weighted by Gasteiger charge is -2.24. The van der Waals surface area contributed by atoms with Gasteiger partial charge in [0.05, 0.1) is 35.3 Å². The van der Waals surface area contributed by atoms with Crippen LogP contribution in [0.3, 0.4) is 0 Å². The van der Waals surface area contributed by atoms with Crippen molar-refractivity contribution in [3.8, 4) is 0 Å². The molecule has 2 aliphatic heterocycles. The maximum absolute atomic E-state index is 13.5. The van der Waals surface area contributed by atoms with Crippen LogP contribution < -0.4 is 5.32 Å². The minimum absolute atomic E-state index is 0.0194. The molecular weight excluding hydrogens is 527 g/mol. The van der Waals surface area contributed by atoms with Gasteiger partial charge < -0.3 is 15.3 Å². The first-order valence-electron chi connectivity index (χ1n) is 11.5. The number of aliphatic hydroxyl groups is 1. The molecule has 3 heterocycles. The molecule has 0 spiro atoms. The van der Waals surface area contributed by atoms with Gasteiger partial charge in [-0.05, 0) is 59.7 Å². The van der Waals surface area contributed by atoms with Gasteiger partial charge in [-0.3, -0.25) is 9.48 Å². The summed E-state index contributed by atoms with van der Waals surface area (Å²) in [5.74, 6) is -0.324. The van der Waals surface area contributed by atoms with Gasteiger partial charge in [-0.25, -0.2) is 0 Å². The fraction of sp³-hybridized carbons (Fsp3) is 0.320. The van der Waals surface area contributed by atoms with Crippen molar-refractivity contribution in [3.63, 3.8) is 0 Å². The van der Waals surface area contributed by atoms with E-state index in [4.69, 9.17) is 11.6 Å². The van der Waals surface area contributed by atoms with Gasteiger partial charge in [-0.15, -0.1) is 0 Å². The molecule has 0 bridgehead atoms. The molecule has 0 radical (unpaired) electrons. The third-order valence-corrected chi connectivity index (χ3v) is 7.85. The van der Waals surface area contributed by atoms with Gasteiger partial charge in [0, 0.05) is 36.1 Å². The standard InChI is InChI=1S/C25H23ClF3N5O2S/c1-33(19-9-18(13-35)30-11-19)24-32-23(36)22(37-24)7-14-2-5-21-16(6-14)10-31-34(21)12-15-3-4-17(26)8-20(15)25(27,28)29/h2-8,10,18-19,30,35H,9,11-13H2,1H3/b22-7-. The number of carbonyl (C=O) groups is 1. The summed E-state index contributed by atoms with van der Waals surface area (Å²) < 4.78 is 42.0. The lowest BCUT2D eigenvalue weighted by atomic mass is 10.1. The molecule has 1 saturated heterocycles. The van der Waals surface area contributed by atoms with Crippen LogP contribution in [0.5, 0.6) is 0 Å². The molecule has 7 nitrogen and oxygen atoms in total. The molecule has 0 saturated carbocycles. The number of thioether (sulfide) groups is 1. The summed E-state index contributed by atoms with van der Waals surface area (Å²) in [6.07, 6.45) is -0.429. The summed E-state index contributed by atoms with van der Waals surface area (Å²) in [4.78, 5) is 19.2. The second-order valence-electron chi connectivity index (χ2n) is 9.02. The predicted octanol–water partition coefficient (Wildman–Crippen LogP) is 4.38. The highest BCUT2D eigenvalue weighted by molar-refractivity contribution is 8.18. The van der Waals surface area contributed by atoms with E-state index >= 15 is 0 Å². The fourth-order valence-corrected chi connectivity index (χ4v) is 5.64. The SMILES string of the molecule is CN(C1=NC(=O)/C(=C/c2ccc3c(cnn3Cc3ccc(Cl)cc3C(F)(F)F)c2)S1)C1CNC(CO)C1. The van der Waals surface area contributed by atoms with E-state index in [-0.39, 0.29) is 41.7 Å². The Morgan fingerprint density at radius 3 is 2.84 bits per heavy atom. The van der Waals surface area contributed by atoms with Gasteiger partial charge in [-0.1, -0.05) is 23.7 Å². The molecule has 194 valence electrons. The van der Waals surface area contributed by atoms with Crippen LogP contribution in [0.15, 0.2) is 52.5 Å². The lowest BCUT2D eigenvalue weighted by molar-refractivity contribution is -0.138. The molecule has 2 atom stereocenters. The highest BCUT2D eigenvalue weighted by atomic mass is 35.5. The highest BCUT2D eigenvalue weighted by Gasteiger charge is 2.34. The number of aromatic nitrogens is 2. The van der Waals surface area contributed by atoms with Gasteiger partial charge in [-0.2, -0.15) is 23.3 Å². The van der Waals surface area contributed by atoms with Crippen molar-refractivity contribution in [2.24, 2.45) is 4.99 Å². The smallest absolute Gasteiger partial charge is 0.395 e. The van der Waals surface area contributed by atoms with E-state index < -0.39 is 11.7 Å². The molecule has 12 heteroatoms. The lowest BCUT2D eigenvalue weighted by Crippen LogP contribution is -2.36. The molecule has 1 fully saturated rings. The summed E-state index contributed by atoms with van der Waals surface area (Å²) in [5, 5.41) is 18.2. The van der Waals surface area contributed by atoms with Crippen molar-refractivity contribution in [1.82, 2.24) is 20.0 Å². The molecule has 2 unspecified atom stereocenters. The van der Waals surface area contributed by atoms with Gasteiger partial charge in [0.2, 0.25) is 0 Å². The first-order valence-corrected chi connectivity index (χ1v) is 12.7. The third-order valence-electron chi connectivity index (χ3n) is 6.54. The topological polar surface area (TPSA) is 82.8 Å². The third kappa shape index (κ3) is 5.40. The van der Waals surface area contributed by atoms with Crippen molar-refractivity contribution < 1.29 is 23.1 Å². The van der Waals surface area contributed by atoms with E-state index in [0.29, 0.717) is 22.1 Å². The second-order valence-corrected chi connectivity index (χ2v) is 10.5. The molecule has 1 amide bonds. The summed E-state index contributed by atoms with van der Waals surface area (Å²) in [5.41, 5.74) is 0.701. The number of aliphatic imine (C=N–C) groups is 1. The number of benzene rings is 2. The zero-order valence-corrected chi connectivity index (χ0v) is 21.2. The Morgan fingerprint density at radius 2 is 2.11 bits per heavy atom. The molecule has 1 aromatic heterocycles. The van der Waals surface area contributed by atoms with Gasteiger partial charge >= 0.3 is 6.18 Å². The Morgan fingerprint density at radius 1 is 1.30 bits per heavy atom. The van der Waals surface area contributed by atoms with E-state index in [1.54, 1.807) is 24.4 Å². The van der Waals surface area contributed by atoms with Crippen molar-refractivity contribution in [1.29, 1.82) is 0 Å². The van der Waals surface area contributed by atoms with E-state index in [1.165, 1.54) is 28.6 Å². The van der Waals surface area contributed by atoms with Crippen LogP contribution in [0.1, 0.15) is 23.1 Å². The minimum atomic E-state index is -4.53. The zero-order chi connectivity index (χ0) is 26.3. The number of carbonyl (C=O) groups excluding carboxylic acids is 1. The minimum Gasteiger partial charge on any atom is -0.395 e. The quantitative estimate of drug-likeness (QED) is 0.460. The molecule has 2 N–H and O–H groups in total. The number of rotatable bonds is 5. The molecular formula is C25H23ClF3N5O2S. The Kier molecular flexibility index (Phi) is 7.06. The number of amidine groups is 1. The van der Waals surface area contributed by atoms with E-state index in [2.05, 4.69) is 15.4 Å². The Hall–Kier alpha value is -2.86. The number of fused-ring (bicyclic) bond motifs is 1. The molecule has 0 aliphatic carbocycles. The Bertz CT molecular complexity index is 1420. The largest absolute Gasteiger partial charge is 0.416 e. The Balaban J connectivity index is 1.33. The number of hydrogen-bond donors (Lipinski definition) is 2. The van der Waals surface area contributed by atoms with Gasteiger partial charge in [0.1, 0.15) is 0 Å². The molecule has 5 rings (SSSR count). The van der Waals surface area contributed by atoms with Crippen molar-refractivity contribution in [2.45, 2.75) is 31.2 Å². The normalized spacial score (nSPS) is 21.3. The number of nitrogens with zero attached hydrogens (tertiary/aromatic N) is 4. The highest BCUT2D eigenvalue weighted by Crippen LogP contribution is 2.35. The predicted molar refractivity (Wildman–Crippen MR) is 138 cm³/mol. The Labute approximate surface area is 220 Å². The van der Waals surface area contributed by atoms with E-state index in [1.807, 2.05) is 18.0 Å². The van der Waals surface area contributed by atoms with Crippen molar-refractivity contribution in [3.05, 3.63) is 69.2 Å². The number of alkyl halides is 3. The molecule has 2 aromatic carbocycles. The van der Waals surface area contributed by atoms with Gasteiger partial charge in [0.25, 0.3) is 5.91 Å². The number of halogens is 4. The maximum atomic E-state index is 13.5. The van der Waals surface area contributed by atoms with E-state index in [0.717, 1.165) is 23.4 Å². The molecule has 37 heavy (non-hydrogen) atoms. The monoisotopic (exact) mass is 549 g/mol. The number of nitrogens with one attached hydrogen (secondary N) is 1. The molecule has 2 aliphatic rings. The first kappa shape index (κ1) is 25.8. The van der Waals surface area contributed by atoms with Crippen LogP contribution in [-0.4, -0.2) is 63.1 Å². The number of hydrogen-bond acceptors (Lipinski definition) is 6. The maximum Gasteiger partial charge on any atom is 0.416 e. The van der Waals surface area contributed by atoms with Crippen LogP contribution in [0.4, 0.5) is 13.2 Å². The summed E-state index contributed by atoms with van der Waals surface area (Å²) in [6.45, 7) is 0.701. The average Bonchev–Trinajstić information content (AvgIpc) is 3.58. The van der Waals surface area contributed by atoms with Crippen LogP contribution in [0.2, 0.25) is 5.02 Å². The summed E-state index contributed by atoms with van der Waals surface area (Å²) >= 11 is 7.09. The van der Waals surface area contributed by atoms with Crippen LogP contribution in [0, 0.1) is 0 Å². The zero-order valence-electron chi connectivity index (χ0n) is 19.7. The van der Waals surface area contributed by atoms with Crippen molar-refractivity contribution in [2.75, 3.05) is 20.2 Å². The number of amides is 1. The summed E-state index contributed by atoms with van der Waals surface area (Å²) in [7, 11) is 1.89. The number of aliphatic hydroxyl groups excluding tert-OH is 1. The van der Waals surface area contributed by atoms with Crippen LogP contribution in [0.25, 0.3) is 17.0 Å². The number of likely N-dealkylation sites (N-methyl/N-ethyl adjacent to an activating group) is 1. The fourth-order valence-electron chi connectivity index (χ4n) is 4.52. The van der Waals surface area contributed by atoms with Crippen LogP contribution in [-0.2, 0) is 17.5 Å².